The number of nitrogens with zero attached hydrogens (tertiary/aromatic N) is 2. The van der Waals surface area contributed by atoms with Crippen molar-refractivity contribution in [2.45, 2.75) is 45.2 Å². The lowest BCUT2D eigenvalue weighted by molar-refractivity contribution is 0.0679. The molecule has 0 aliphatic carbocycles. The van der Waals surface area contributed by atoms with Gasteiger partial charge in [0.1, 0.15) is 0 Å². The zero-order valence-electron chi connectivity index (χ0n) is 18.2. The summed E-state index contributed by atoms with van der Waals surface area (Å²) in [7, 11) is 0. The van der Waals surface area contributed by atoms with Crippen LogP contribution in [-0.4, -0.2) is 41.3 Å². The van der Waals surface area contributed by atoms with Crippen molar-refractivity contribution in [1.29, 1.82) is 0 Å². The smallest absolute Gasteiger partial charge is 0.315 e. The van der Waals surface area contributed by atoms with E-state index in [2.05, 4.69) is 26.6 Å². The van der Waals surface area contributed by atoms with Gasteiger partial charge in [-0.25, -0.2) is 4.79 Å². The van der Waals surface area contributed by atoms with Crippen LogP contribution in [0.25, 0.3) is 10.9 Å². The highest BCUT2D eigenvalue weighted by atomic mass is 16.7. The van der Waals surface area contributed by atoms with Crippen molar-refractivity contribution in [2.24, 2.45) is 0 Å². The molecule has 7 nitrogen and oxygen atoms in total. The number of likely N-dealkylation sites (tertiary alicyclic amines) is 1. The van der Waals surface area contributed by atoms with Crippen LogP contribution in [0.1, 0.15) is 30.9 Å². The molecule has 2 N–H and O–H groups in total. The Hall–Kier alpha value is -3.32. The SMILES string of the molecule is CC1Oc2cc3nccc(CN4CCC(NC(=O)NCc5ccccc5)CC4)c3cc2O1. The van der Waals surface area contributed by atoms with Gasteiger partial charge in [0.05, 0.1) is 5.52 Å². The Morgan fingerprint density at radius 3 is 2.62 bits per heavy atom. The number of ether oxygens (including phenoxy) is 2. The van der Waals surface area contributed by atoms with Gasteiger partial charge in [-0.3, -0.25) is 9.88 Å². The number of pyridine rings is 1. The largest absolute Gasteiger partial charge is 0.451 e. The lowest BCUT2D eigenvalue weighted by Gasteiger charge is -2.32. The molecule has 3 aromatic rings. The Bertz CT molecular complexity index is 1100. The minimum Gasteiger partial charge on any atom is -0.451 e. The van der Waals surface area contributed by atoms with Crippen LogP contribution < -0.4 is 20.1 Å². The number of hydrogen-bond acceptors (Lipinski definition) is 5. The summed E-state index contributed by atoms with van der Waals surface area (Å²) in [5.74, 6) is 1.54. The van der Waals surface area contributed by atoms with Crippen LogP contribution in [0.3, 0.4) is 0 Å². The molecule has 1 fully saturated rings. The predicted molar refractivity (Wildman–Crippen MR) is 123 cm³/mol. The first-order chi connectivity index (χ1) is 15.6. The summed E-state index contributed by atoms with van der Waals surface area (Å²) in [6.07, 6.45) is 3.47. The molecule has 0 radical (unpaired) electrons. The third kappa shape index (κ3) is 4.62. The van der Waals surface area contributed by atoms with Crippen molar-refractivity contribution in [3.05, 3.63) is 65.9 Å². The number of benzene rings is 2. The number of rotatable bonds is 5. The average Bonchev–Trinajstić information content (AvgIpc) is 3.17. The maximum atomic E-state index is 12.3. The van der Waals surface area contributed by atoms with E-state index in [-0.39, 0.29) is 18.4 Å². The molecular weight excluding hydrogens is 404 g/mol. The molecule has 7 heteroatoms. The highest BCUT2D eigenvalue weighted by Crippen LogP contribution is 2.38. The normalized spacial score (nSPS) is 18.6. The lowest BCUT2D eigenvalue weighted by atomic mass is 10.0. The molecule has 2 aliphatic rings. The minimum atomic E-state index is -0.262. The first-order valence-electron chi connectivity index (χ1n) is 11.2. The average molecular weight is 433 g/mol. The zero-order valence-corrected chi connectivity index (χ0v) is 18.2. The van der Waals surface area contributed by atoms with Crippen LogP contribution in [0, 0.1) is 0 Å². The van der Waals surface area contributed by atoms with Gasteiger partial charge < -0.3 is 20.1 Å². The van der Waals surface area contributed by atoms with Crippen molar-refractivity contribution in [2.75, 3.05) is 13.1 Å². The van der Waals surface area contributed by atoms with Crippen LogP contribution in [0.15, 0.2) is 54.7 Å². The van der Waals surface area contributed by atoms with Crippen LogP contribution in [-0.2, 0) is 13.1 Å². The Morgan fingerprint density at radius 1 is 1.09 bits per heavy atom. The summed E-state index contributed by atoms with van der Waals surface area (Å²) < 4.78 is 11.4. The van der Waals surface area contributed by atoms with Crippen molar-refractivity contribution >= 4 is 16.9 Å². The summed E-state index contributed by atoms with van der Waals surface area (Å²) in [5.41, 5.74) is 3.25. The fourth-order valence-electron chi connectivity index (χ4n) is 4.41. The molecule has 0 spiro atoms. The predicted octanol–water partition coefficient (Wildman–Crippen LogP) is 3.82. The molecule has 0 saturated carbocycles. The molecule has 1 aromatic heterocycles. The second-order valence-electron chi connectivity index (χ2n) is 8.45. The molecule has 3 heterocycles. The number of carbonyl (C=O) groups is 1. The monoisotopic (exact) mass is 432 g/mol. The summed E-state index contributed by atoms with van der Waals surface area (Å²) in [6, 6.07) is 16.1. The Morgan fingerprint density at radius 2 is 1.84 bits per heavy atom. The van der Waals surface area contributed by atoms with Gasteiger partial charge >= 0.3 is 6.03 Å². The Kier molecular flexibility index (Phi) is 5.81. The highest BCUT2D eigenvalue weighted by molar-refractivity contribution is 5.86. The second-order valence-corrected chi connectivity index (χ2v) is 8.45. The van der Waals surface area contributed by atoms with Crippen LogP contribution >= 0.6 is 0 Å². The van der Waals surface area contributed by atoms with Crippen molar-refractivity contribution in [3.8, 4) is 11.5 Å². The first-order valence-corrected chi connectivity index (χ1v) is 11.2. The maximum Gasteiger partial charge on any atom is 0.315 e. The van der Waals surface area contributed by atoms with Gasteiger partial charge in [0.25, 0.3) is 0 Å². The van der Waals surface area contributed by atoms with E-state index in [1.165, 1.54) is 5.56 Å². The third-order valence-corrected chi connectivity index (χ3v) is 6.10. The third-order valence-electron chi connectivity index (χ3n) is 6.10. The maximum absolute atomic E-state index is 12.3. The van der Waals surface area contributed by atoms with Crippen LogP contribution in [0.2, 0.25) is 0 Å². The van der Waals surface area contributed by atoms with Gasteiger partial charge in [-0.15, -0.1) is 0 Å². The second kappa shape index (κ2) is 9.04. The summed E-state index contributed by atoms with van der Waals surface area (Å²) in [4.78, 5) is 19.2. The van der Waals surface area contributed by atoms with Gasteiger partial charge in [-0.1, -0.05) is 30.3 Å². The van der Waals surface area contributed by atoms with Gasteiger partial charge in [-0.05, 0) is 36.1 Å². The van der Waals surface area contributed by atoms with Gasteiger partial charge in [0, 0.05) is 56.8 Å². The molecule has 2 amide bonds. The minimum absolute atomic E-state index is 0.0993. The van der Waals surface area contributed by atoms with Crippen molar-refractivity contribution < 1.29 is 14.3 Å². The molecule has 32 heavy (non-hydrogen) atoms. The van der Waals surface area contributed by atoms with E-state index in [0.717, 1.165) is 60.4 Å². The van der Waals surface area contributed by atoms with E-state index < -0.39 is 0 Å². The Balaban J connectivity index is 1.15. The van der Waals surface area contributed by atoms with E-state index >= 15 is 0 Å². The topological polar surface area (TPSA) is 75.7 Å². The van der Waals surface area contributed by atoms with E-state index in [0.29, 0.717) is 6.54 Å². The number of hydrogen-bond donors (Lipinski definition) is 2. The van der Waals surface area contributed by atoms with E-state index in [1.807, 2.05) is 55.6 Å². The fraction of sp³-hybridized carbons (Fsp3) is 0.360. The number of amides is 2. The molecule has 0 bridgehead atoms. The fourth-order valence-corrected chi connectivity index (χ4v) is 4.41. The molecule has 2 aromatic carbocycles. The number of urea groups is 1. The number of aromatic nitrogens is 1. The molecule has 166 valence electrons. The van der Waals surface area contributed by atoms with Gasteiger partial charge in [0.2, 0.25) is 6.29 Å². The number of nitrogens with one attached hydrogen (secondary N) is 2. The molecule has 1 atom stereocenters. The molecular formula is C25H28N4O3. The lowest BCUT2D eigenvalue weighted by Crippen LogP contribution is -2.47. The number of fused-ring (bicyclic) bond motifs is 2. The number of piperidine rings is 1. The van der Waals surface area contributed by atoms with E-state index in [9.17, 15) is 4.79 Å². The van der Waals surface area contributed by atoms with Crippen LogP contribution in [0.4, 0.5) is 4.79 Å². The molecule has 5 rings (SSSR count). The summed E-state index contributed by atoms with van der Waals surface area (Å²) in [5, 5.41) is 7.17. The molecule has 1 saturated heterocycles. The van der Waals surface area contributed by atoms with Gasteiger partial charge in [0.15, 0.2) is 11.5 Å². The summed E-state index contributed by atoms with van der Waals surface area (Å²) >= 11 is 0. The van der Waals surface area contributed by atoms with Gasteiger partial charge in [-0.2, -0.15) is 0 Å². The summed E-state index contributed by atoms with van der Waals surface area (Å²) in [6.45, 7) is 5.15. The van der Waals surface area contributed by atoms with E-state index in [4.69, 9.17) is 9.47 Å². The molecule has 2 aliphatic heterocycles. The Labute approximate surface area is 187 Å². The van der Waals surface area contributed by atoms with Crippen LogP contribution in [0.5, 0.6) is 11.5 Å². The molecule has 1 unspecified atom stereocenters. The quantitative estimate of drug-likeness (QED) is 0.641. The van der Waals surface area contributed by atoms with Crippen molar-refractivity contribution in [3.63, 3.8) is 0 Å². The van der Waals surface area contributed by atoms with Crippen molar-refractivity contribution in [1.82, 2.24) is 20.5 Å². The standard InChI is InChI=1S/C25H28N4O3/c1-17-31-23-13-21-19(7-10-26-22(21)14-24(23)32-17)16-29-11-8-20(9-12-29)28-25(30)27-15-18-5-3-2-4-6-18/h2-7,10,13-14,17,20H,8-9,11-12,15-16H2,1H3,(H2,27,28,30). The zero-order chi connectivity index (χ0) is 21.9. The highest BCUT2D eigenvalue weighted by Gasteiger charge is 2.24. The number of carbonyl (C=O) groups excluding carboxylic acids is 1. The first kappa shape index (κ1) is 20.6. The van der Waals surface area contributed by atoms with E-state index in [1.54, 1.807) is 0 Å².